The van der Waals surface area contributed by atoms with Gasteiger partial charge in [0.15, 0.2) is 0 Å². The number of nitrogens with one attached hydrogen (secondary N) is 2. The van der Waals surface area contributed by atoms with E-state index >= 15 is 0 Å². The summed E-state index contributed by atoms with van der Waals surface area (Å²) in [7, 11) is -2.39. The van der Waals surface area contributed by atoms with Crippen LogP contribution in [0.1, 0.15) is 40.0 Å². The second kappa shape index (κ2) is 8.84. The topological polar surface area (TPSA) is 95.6 Å². The first kappa shape index (κ1) is 21.4. The summed E-state index contributed by atoms with van der Waals surface area (Å²) < 4.78 is 26.4. The molecule has 7 nitrogen and oxygen atoms in total. The molecule has 0 heterocycles. The lowest BCUT2D eigenvalue weighted by Gasteiger charge is -2.34. The predicted octanol–water partition coefficient (Wildman–Crippen LogP) is 2.21. The molecule has 27 heavy (non-hydrogen) atoms. The van der Waals surface area contributed by atoms with Gasteiger partial charge in [-0.3, -0.25) is 9.59 Å². The van der Waals surface area contributed by atoms with Crippen LogP contribution in [-0.2, 0) is 19.6 Å². The summed E-state index contributed by atoms with van der Waals surface area (Å²) in [5, 5.41) is 5.58. The smallest absolute Gasteiger partial charge is 0.243 e. The molecular weight excluding hydrogens is 366 g/mol. The molecule has 1 aliphatic carbocycles. The van der Waals surface area contributed by atoms with Crippen molar-refractivity contribution in [2.75, 3.05) is 18.9 Å². The lowest BCUT2D eigenvalue weighted by atomic mass is 9.78. The van der Waals surface area contributed by atoms with Crippen molar-refractivity contribution in [3.05, 3.63) is 24.3 Å². The highest BCUT2D eigenvalue weighted by atomic mass is 32.2. The van der Waals surface area contributed by atoms with Gasteiger partial charge in [0.25, 0.3) is 0 Å². The van der Waals surface area contributed by atoms with E-state index in [1.165, 1.54) is 38.2 Å². The summed E-state index contributed by atoms with van der Waals surface area (Å²) in [6.07, 6.45) is 3.17. The molecule has 150 valence electrons. The Morgan fingerprint density at radius 3 is 2.37 bits per heavy atom. The molecule has 1 fully saturated rings. The third kappa shape index (κ3) is 5.52. The van der Waals surface area contributed by atoms with Gasteiger partial charge >= 0.3 is 0 Å². The van der Waals surface area contributed by atoms with Gasteiger partial charge in [0.05, 0.1) is 11.4 Å². The highest BCUT2D eigenvalue weighted by Gasteiger charge is 2.29. The Morgan fingerprint density at radius 1 is 1.15 bits per heavy atom. The summed E-state index contributed by atoms with van der Waals surface area (Å²) >= 11 is 0. The molecule has 0 bridgehead atoms. The summed E-state index contributed by atoms with van der Waals surface area (Å²) in [6.45, 7) is 5.47. The van der Waals surface area contributed by atoms with E-state index in [1.54, 1.807) is 0 Å². The summed E-state index contributed by atoms with van der Waals surface area (Å²) in [5.74, 6) is 0.408. The Balaban J connectivity index is 1.99. The minimum absolute atomic E-state index is 0.0755. The summed E-state index contributed by atoms with van der Waals surface area (Å²) in [6, 6.07) is 5.97. The number of nitrogens with zero attached hydrogens (tertiary/aromatic N) is 1. The highest BCUT2D eigenvalue weighted by Crippen LogP contribution is 2.29. The molecule has 0 aliphatic heterocycles. The number of likely N-dealkylation sites (N-methyl/N-ethyl adjacent to an activating group) is 1. The zero-order chi connectivity index (χ0) is 20.2. The van der Waals surface area contributed by atoms with E-state index in [0.29, 0.717) is 17.5 Å². The molecular formula is C19H29N3O4S. The third-order valence-corrected chi connectivity index (χ3v) is 7.12. The average Bonchev–Trinajstić information content (AvgIpc) is 2.59. The molecule has 0 saturated heterocycles. The predicted molar refractivity (Wildman–Crippen MR) is 105 cm³/mol. The lowest BCUT2D eigenvalue weighted by molar-refractivity contribution is -0.122. The Hall–Kier alpha value is -1.93. The van der Waals surface area contributed by atoms with Gasteiger partial charge in [-0.25, -0.2) is 8.42 Å². The molecule has 1 aromatic carbocycles. The Kier molecular flexibility index (Phi) is 7.00. The molecule has 1 aliphatic rings. The number of rotatable bonds is 6. The SMILES string of the molecule is CC(=O)Nc1ccc(S(=O)(=O)N(C)CC(=O)N[C@@H]2CCC[C@@H](C)[C@H]2C)cc1. The quantitative estimate of drug-likeness (QED) is 0.772. The van der Waals surface area contributed by atoms with Gasteiger partial charge in [0.2, 0.25) is 21.8 Å². The van der Waals surface area contributed by atoms with Gasteiger partial charge in [0.1, 0.15) is 0 Å². The summed E-state index contributed by atoms with van der Waals surface area (Å²) in [4.78, 5) is 23.5. The van der Waals surface area contributed by atoms with E-state index < -0.39 is 10.0 Å². The molecule has 2 amide bonds. The highest BCUT2D eigenvalue weighted by molar-refractivity contribution is 7.89. The van der Waals surface area contributed by atoms with Gasteiger partial charge in [-0.15, -0.1) is 0 Å². The maximum absolute atomic E-state index is 12.7. The van der Waals surface area contributed by atoms with Crippen molar-refractivity contribution in [1.29, 1.82) is 0 Å². The van der Waals surface area contributed by atoms with Crippen LogP contribution in [0.4, 0.5) is 5.69 Å². The number of carbonyl (C=O) groups excluding carboxylic acids is 2. The molecule has 0 unspecified atom stereocenters. The van der Waals surface area contributed by atoms with E-state index in [2.05, 4.69) is 24.5 Å². The standard InChI is InChI=1S/C19H29N3O4S/c1-13-6-5-7-18(14(13)2)21-19(24)12-22(4)27(25,26)17-10-8-16(9-11-17)20-15(3)23/h8-11,13-14,18H,5-7,12H2,1-4H3,(H,20,23)(H,21,24)/t13-,14-,18-/m1/s1. The number of sulfonamides is 1. The molecule has 3 atom stereocenters. The van der Waals surface area contributed by atoms with Gasteiger partial charge in [-0.05, 0) is 42.5 Å². The van der Waals surface area contributed by atoms with Crippen LogP contribution in [0.15, 0.2) is 29.2 Å². The molecule has 8 heteroatoms. The van der Waals surface area contributed by atoms with Crippen molar-refractivity contribution in [3.8, 4) is 0 Å². The van der Waals surface area contributed by atoms with Crippen LogP contribution in [0.25, 0.3) is 0 Å². The Bertz CT molecular complexity index is 777. The maximum Gasteiger partial charge on any atom is 0.243 e. The van der Waals surface area contributed by atoms with E-state index in [0.717, 1.165) is 23.6 Å². The van der Waals surface area contributed by atoms with Crippen molar-refractivity contribution >= 4 is 27.5 Å². The fourth-order valence-corrected chi connectivity index (χ4v) is 4.55. The molecule has 2 N–H and O–H groups in total. The second-order valence-corrected chi connectivity index (χ2v) is 9.45. The fraction of sp³-hybridized carbons (Fsp3) is 0.579. The van der Waals surface area contributed by atoms with E-state index in [9.17, 15) is 18.0 Å². The van der Waals surface area contributed by atoms with Crippen LogP contribution in [0.3, 0.4) is 0 Å². The minimum atomic E-state index is -3.78. The Morgan fingerprint density at radius 2 is 1.78 bits per heavy atom. The molecule has 0 spiro atoms. The molecule has 0 aromatic heterocycles. The van der Waals surface area contributed by atoms with E-state index in [4.69, 9.17) is 0 Å². The van der Waals surface area contributed by atoms with Gasteiger partial charge < -0.3 is 10.6 Å². The van der Waals surface area contributed by atoms with Crippen molar-refractivity contribution in [2.24, 2.45) is 11.8 Å². The van der Waals surface area contributed by atoms with Crippen LogP contribution in [0.5, 0.6) is 0 Å². The zero-order valence-corrected chi connectivity index (χ0v) is 17.2. The number of hydrogen-bond donors (Lipinski definition) is 2. The first-order chi connectivity index (χ1) is 12.6. The lowest BCUT2D eigenvalue weighted by Crippen LogP contribution is -2.47. The second-order valence-electron chi connectivity index (χ2n) is 7.41. The largest absolute Gasteiger partial charge is 0.352 e. The first-order valence-corrected chi connectivity index (χ1v) is 10.7. The molecule has 2 rings (SSSR count). The van der Waals surface area contributed by atoms with Crippen LogP contribution in [0.2, 0.25) is 0 Å². The van der Waals surface area contributed by atoms with E-state index in [-0.39, 0.29) is 29.3 Å². The molecule has 1 aromatic rings. The number of benzene rings is 1. The Labute approximate surface area is 161 Å². The van der Waals surface area contributed by atoms with Crippen LogP contribution in [-0.4, -0.2) is 44.2 Å². The van der Waals surface area contributed by atoms with Gasteiger partial charge in [-0.2, -0.15) is 4.31 Å². The minimum Gasteiger partial charge on any atom is -0.352 e. The van der Waals surface area contributed by atoms with Gasteiger partial charge in [0, 0.05) is 25.7 Å². The van der Waals surface area contributed by atoms with E-state index in [1.807, 2.05) is 0 Å². The van der Waals surface area contributed by atoms with Gasteiger partial charge in [-0.1, -0.05) is 26.7 Å². The fourth-order valence-electron chi connectivity index (χ4n) is 3.42. The molecule has 1 saturated carbocycles. The van der Waals surface area contributed by atoms with Crippen molar-refractivity contribution in [2.45, 2.75) is 51.0 Å². The average molecular weight is 396 g/mol. The number of amides is 2. The molecule has 0 radical (unpaired) electrons. The normalized spacial score (nSPS) is 23.1. The van der Waals surface area contributed by atoms with Crippen molar-refractivity contribution in [1.82, 2.24) is 9.62 Å². The van der Waals surface area contributed by atoms with Crippen molar-refractivity contribution < 1.29 is 18.0 Å². The monoisotopic (exact) mass is 395 g/mol. The third-order valence-electron chi connectivity index (χ3n) is 5.30. The maximum atomic E-state index is 12.7. The van der Waals surface area contributed by atoms with Crippen LogP contribution in [0, 0.1) is 11.8 Å². The number of hydrogen-bond acceptors (Lipinski definition) is 4. The van der Waals surface area contributed by atoms with Crippen LogP contribution < -0.4 is 10.6 Å². The zero-order valence-electron chi connectivity index (χ0n) is 16.4. The summed E-state index contributed by atoms with van der Waals surface area (Å²) in [5.41, 5.74) is 0.516. The van der Waals surface area contributed by atoms with Crippen molar-refractivity contribution in [3.63, 3.8) is 0 Å². The number of carbonyl (C=O) groups is 2. The number of anilines is 1. The first-order valence-electron chi connectivity index (χ1n) is 9.24. The van der Waals surface area contributed by atoms with Crippen LogP contribution >= 0.6 is 0 Å².